The molecular formula is C16H15NO. The molecule has 0 saturated carbocycles. The molecule has 0 aromatic heterocycles. The Morgan fingerprint density at radius 3 is 2.72 bits per heavy atom. The maximum atomic E-state index is 11.7. The van der Waals surface area contributed by atoms with Crippen LogP contribution in [0.3, 0.4) is 0 Å². The van der Waals surface area contributed by atoms with Crippen molar-refractivity contribution in [2.75, 3.05) is 6.54 Å². The predicted molar refractivity (Wildman–Crippen MR) is 72.7 cm³/mol. The number of fused-ring (bicyclic) bond motifs is 1. The number of carbonyl (C=O) groups excluding carboxylic acids is 1. The summed E-state index contributed by atoms with van der Waals surface area (Å²) in [4.78, 5) is 11.7. The van der Waals surface area contributed by atoms with Gasteiger partial charge >= 0.3 is 0 Å². The second kappa shape index (κ2) is 4.30. The summed E-state index contributed by atoms with van der Waals surface area (Å²) in [5.74, 6) is 0.0482. The van der Waals surface area contributed by atoms with Crippen molar-refractivity contribution in [1.82, 2.24) is 5.32 Å². The Balaban J connectivity index is 2.07. The molecule has 0 atom stereocenters. The predicted octanol–water partition coefficient (Wildman–Crippen LogP) is 2.95. The van der Waals surface area contributed by atoms with Crippen LogP contribution < -0.4 is 5.32 Å². The smallest absolute Gasteiger partial charge is 0.251 e. The third kappa shape index (κ3) is 1.90. The van der Waals surface area contributed by atoms with E-state index in [0.717, 1.165) is 24.1 Å². The first-order valence-electron chi connectivity index (χ1n) is 6.22. The molecule has 1 aliphatic rings. The zero-order chi connectivity index (χ0) is 12.5. The third-order valence-corrected chi connectivity index (χ3v) is 3.38. The number of amides is 1. The molecule has 90 valence electrons. The second-order valence-electron chi connectivity index (χ2n) is 4.75. The summed E-state index contributed by atoms with van der Waals surface area (Å²) in [5, 5.41) is 2.87. The number of carbonyl (C=O) groups is 1. The van der Waals surface area contributed by atoms with Gasteiger partial charge in [0, 0.05) is 12.1 Å². The summed E-state index contributed by atoms with van der Waals surface area (Å²) in [7, 11) is 0. The zero-order valence-electron chi connectivity index (χ0n) is 10.4. The average molecular weight is 237 g/mol. The van der Waals surface area contributed by atoms with Crippen LogP contribution in [0.2, 0.25) is 0 Å². The monoisotopic (exact) mass is 237 g/mol. The molecule has 0 bridgehead atoms. The minimum atomic E-state index is 0.0482. The first-order valence-corrected chi connectivity index (χ1v) is 6.22. The Bertz CT molecular complexity index is 616. The Morgan fingerprint density at radius 2 is 1.89 bits per heavy atom. The molecule has 18 heavy (non-hydrogen) atoms. The van der Waals surface area contributed by atoms with Crippen LogP contribution in [0.4, 0.5) is 0 Å². The molecule has 3 rings (SSSR count). The van der Waals surface area contributed by atoms with Gasteiger partial charge in [-0.15, -0.1) is 0 Å². The molecule has 1 N–H and O–H groups in total. The van der Waals surface area contributed by atoms with Crippen molar-refractivity contribution in [3.05, 3.63) is 59.2 Å². The van der Waals surface area contributed by atoms with Gasteiger partial charge in [-0.1, -0.05) is 42.0 Å². The fourth-order valence-corrected chi connectivity index (χ4v) is 2.43. The third-order valence-electron chi connectivity index (χ3n) is 3.38. The van der Waals surface area contributed by atoms with E-state index < -0.39 is 0 Å². The van der Waals surface area contributed by atoms with Crippen LogP contribution in [0.25, 0.3) is 11.1 Å². The summed E-state index contributed by atoms with van der Waals surface area (Å²) in [6, 6.07) is 14.5. The fraction of sp³-hybridized carbons (Fsp3) is 0.188. The van der Waals surface area contributed by atoms with E-state index >= 15 is 0 Å². The van der Waals surface area contributed by atoms with Gasteiger partial charge in [0.15, 0.2) is 0 Å². The molecule has 1 heterocycles. The van der Waals surface area contributed by atoms with Crippen molar-refractivity contribution in [3.63, 3.8) is 0 Å². The lowest BCUT2D eigenvalue weighted by Crippen LogP contribution is -2.31. The number of aryl methyl sites for hydroxylation is 1. The van der Waals surface area contributed by atoms with Crippen molar-refractivity contribution < 1.29 is 4.79 Å². The van der Waals surface area contributed by atoms with Gasteiger partial charge in [-0.2, -0.15) is 0 Å². The number of hydrogen-bond acceptors (Lipinski definition) is 1. The maximum Gasteiger partial charge on any atom is 0.251 e. The quantitative estimate of drug-likeness (QED) is 0.811. The van der Waals surface area contributed by atoms with Crippen LogP contribution in [-0.2, 0) is 6.42 Å². The summed E-state index contributed by atoms with van der Waals surface area (Å²) in [5.41, 5.74) is 5.62. The molecule has 2 aromatic rings. The van der Waals surface area contributed by atoms with E-state index in [1.807, 2.05) is 12.1 Å². The van der Waals surface area contributed by atoms with Gasteiger partial charge in [-0.05, 0) is 36.1 Å². The highest BCUT2D eigenvalue weighted by molar-refractivity contribution is 5.97. The molecule has 2 aromatic carbocycles. The van der Waals surface area contributed by atoms with Gasteiger partial charge in [0.2, 0.25) is 0 Å². The molecule has 0 spiro atoms. The standard InChI is InChI=1S/C16H15NO/c1-11-3-2-4-12(9-11)13-5-6-15-14(10-13)7-8-17-16(15)18/h2-6,9-10H,7-8H2,1H3,(H,17,18). The van der Waals surface area contributed by atoms with E-state index in [-0.39, 0.29) is 5.91 Å². The van der Waals surface area contributed by atoms with E-state index in [1.54, 1.807) is 0 Å². The number of nitrogens with one attached hydrogen (secondary N) is 1. The Morgan fingerprint density at radius 1 is 1.06 bits per heavy atom. The summed E-state index contributed by atoms with van der Waals surface area (Å²) < 4.78 is 0. The topological polar surface area (TPSA) is 29.1 Å². The highest BCUT2D eigenvalue weighted by Crippen LogP contribution is 2.24. The first kappa shape index (κ1) is 11.0. The summed E-state index contributed by atoms with van der Waals surface area (Å²) in [6.07, 6.45) is 0.917. The molecule has 0 aliphatic carbocycles. The van der Waals surface area contributed by atoms with Gasteiger partial charge in [0.1, 0.15) is 0 Å². The van der Waals surface area contributed by atoms with E-state index in [1.165, 1.54) is 16.7 Å². The largest absolute Gasteiger partial charge is 0.352 e. The van der Waals surface area contributed by atoms with Gasteiger partial charge in [-0.25, -0.2) is 0 Å². The van der Waals surface area contributed by atoms with E-state index in [4.69, 9.17) is 0 Å². The van der Waals surface area contributed by atoms with Gasteiger partial charge < -0.3 is 5.32 Å². The molecule has 1 aliphatic heterocycles. The maximum absolute atomic E-state index is 11.7. The highest BCUT2D eigenvalue weighted by Gasteiger charge is 2.16. The molecule has 2 nitrogen and oxygen atoms in total. The average Bonchev–Trinajstić information content (AvgIpc) is 2.39. The lowest BCUT2D eigenvalue weighted by Gasteiger charge is -2.17. The molecule has 0 radical (unpaired) electrons. The highest BCUT2D eigenvalue weighted by atomic mass is 16.1. The van der Waals surface area contributed by atoms with E-state index in [9.17, 15) is 4.79 Å². The van der Waals surface area contributed by atoms with Crippen molar-refractivity contribution in [2.45, 2.75) is 13.3 Å². The van der Waals surface area contributed by atoms with Crippen LogP contribution in [0, 0.1) is 6.92 Å². The summed E-state index contributed by atoms with van der Waals surface area (Å²) in [6.45, 7) is 2.83. The van der Waals surface area contributed by atoms with Crippen LogP contribution in [0.5, 0.6) is 0 Å². The van der Waals surface area contributed by atoms with Gasteiger partial charge in [-0.3, -0.25) is 4.79 Å². The molecule has 2 heteroatoms. The fourth-order valence-electron chi connectivity index (χ4n) is 2.43. The zero-order valence-corrected chi connectivity index (χ0v) is 10.4. The van der Waals surface area contributed by atoms with Crippen molar-refractivity contribution in [2.24, 2.45) is 0 Å². The Labute approximate surface area is 107 Å². The number of benzene rings is 2. The van der Waals surface area contributed by atoms with Crippen molar-refractivity contribution in [3.8, 4) is 11.1 Å². The minimum Gasteiger partial charge on any atom is -0.352 e. The van der Waals surface area contributed by atoms with Crippen LogP contribution >= 0.6 is 0 Å². The molecule has 0 saturated heterocycles. The Kier molecular flexibility index (Phi) is 2.63. The molecule has 0 fully saturated rings. The van der Waals surface area contributed by atoms with Gasteiger partial charge in [0.05, 0.1) is 0 Å². The Hall–Kier alpha value is -2.09. The second-order valence-corrected chi connectivity index (χ2v) is 4.75. The van der Waals surface area contributed by atoms with Crippen LogP contribution in [0.15, 0.2) is 42.5 Å². The van der Waals surface area contributed by atoms with Gasteiger partial charge in [0.25, 0.3) is 5.91 Å². The lowest BCUT2D eigenvalue weighted by atomic mass is 9.94. The molecular weight excluding hydrogens is 222 g/mol. The SMILES string of the molecule is Cc1cccc(-c2ccc3c(c2)CCNC3=O)c1. The van der Waals surface area contributed by atoms with Crippen LogP contribution in [0.1, 0.15) is 21.5 Å². The normalized spacial score (nSPS) is 13.9. The molecule has 0 unspecified atom stereocenters. The number of rotatable bonds is 1. The summed E-state index contributed by atoms with van der Waals surface area (Å²) >= 11 is 0. The van der Waals surface area contributed by atoms with Crippen molar-refractivity contribution >= 4 is 5.91 Å². The van der Waals surface area contributed by atoms with Crippen LogP contribution in [-0.4, -0.2) is 12.5 Å². The van der Waals surface area contributed by atoms with E-state index in [2.05, 4.69) is 42.6 Å². The first-order chi connectivity index (χ1) is 8.74. The van der Waals surface area contributed by atoms with E-state index in [0.29, 0.717) is 0 Å². The minimum absolute atomic E-state index is 0.0482. The van der Waals surface area contributed by atoms with Crippen molar-refractivity contribution in [1.29, 1.82) is 0 Å². The molecule has 1 amide bonds. The number of hydrogen-bond donors (Lipinski definition) is 1. The lowest BCUT2D eigenvalue weighted by molar-refractivity contribution is 0.0946.